The van der Waals surface area contributed by atoms with Gasteiger partial charge >= 0.3 is 0 Å². The third-order valence-corrected chi connectivity index (χ3v) is 2.70. The Labute approximate surface area is 109 Å². The van der Waals surface area contributed by atoms with Crippen molar-refractivity contribution in [3.8, 4) is 0 Å². The number of hydrogen-bond donors (Lipinski definition) is 3. The van der Waals surface area contributed by atoms with Gasteiger partial charge in [-0.3, -0.25) is 9.59 Å². The van der Waals surface area contributed by atoms with Gasteiger partial charge in [0.1, 0.15) is 0 Å². The number of nitrogens with two attached hydrogens (primary N) is 3. The molecule has 6 heteroatoms. The number of hydrogen-bond acceptors (Lipinski definition) is 4. The number of carbonyl (C=O) groups is 2. The summed E-state index contributed by atoms with van der Waals surface area (Å²) in [7, 11) is 0. The predicted molar refractivity (Wildman–Crippen MR) is 71.6 cm³/mol. The molecule has 18 heavy (non-hydrogen) atoms. The minimum absolute atomic E-state index is 0.0113. The maximum Gasteiger partial charge on any atom is 0.223 e. The van der Waals surface area contributed by atoms with Crippen LogP contribution in [-0.4, -0.2) is 42.9 Å². The number of unbranched alkanes of at least 4 members (excludes halogenated alkanes) is 2. The molecule has 0 rings (SSSR count). The minimum Gasteiger partial charge on any atom is -0.370 e. The van der Waals surface area contributed by atoms with Gasteiger partial charge in [-0.05, 0) is 38.8 Å². The van der Waals surface area contributed by atoms with Crippen LogP contribution in [0.5, 0.6) is 0 Å². The zero-order valence-corrected chi connectivity index (χ0v) is 11.1. The summed E-state index contributed by atoms with van der Waals surface area (Å²) in [6.45, 7) is 2.65. The highest BCUT2D eigenvalue weighted by molar-refractivity contribution is 5.82. The summed E-state index contributed by atoms with van der Waals surface area (Å²) < 4.78 is 0. The van der Waals surface area contributed by atoms with Gasteiger partial charge in [0.25, 0.3) is 0 Å². The second kappa shape index (κ2) is 11.0. The van der Waals surface area contributed by atoms with Gasteiger partial charge in [0.05, 0.1) is 0 Å². The number of rotatable bonds is 11. The summed E-state index contributed by atoms with van der Waals surface area (Å²) in [5.41, 5.74) is 15.9. The van der Waals surface area contributed by atoms with Crippen LogP contribution in [-0.2, 0) is 9.59 Å². The number of primary amides is 1. The monoisotopic (exact) mass is 258 g/mol. The Hall–Kier alpha value is -1.14. The minimum atomic E-state index is -0.438. The molecule has 0 saturated carbocycles. The van der Waals surface area contributed by atoms with Crippen molar-refractivity contribution in [1.82, 2.24) is 4.90 Å². The van der Waals surface area contributed by atoms with Gasteiger partial charge < -0.3 is 22.1 Å². The molecule has 0 aliphatic carbocycles. The van der Waals surface area contributed by atoms with Gasteiger partial charge in [0.15, 0.2) is 0 Å². The van der Waals surface area contributed by atoms with Gasteiger partial charge in [-0.1, -0.05) is 0 Å². The largest absolute Gasteiger partial charge is 0.370 e. The van der Waals surface area contributed by atoms with Crippen molar-refractivity contribution in [2.75, 3.05) is 26.2 Å². The van der Waals surface area contributed by atoms with E-state index in [4.69, 9.17) is 17.2 Å². The molecule has 6 nitrogen and oxygen atoms in total. The molecule has 0 unspecified atom stereocenters. The molecule has 0 radical (unpaired) electrons. The summed E-state index contributed by atoms with van der Waals surface area (Å²) in [5.74, 6) is -0.449. The first-order valence-corrected chi connectivity index (χ1v) is 6.58. The molecule has 0 aliphatic heterocycles. The van der Waals surface area contributed by atoms with Crippen LogP contribution in [0.2, 0.25) is 0 Å². The van der Waals surface area contributed by atoms with E-state index in [0.29, 0.717) is 26.2 Å². The smallest absolute Gasteiger partial charge is 0.223 e. The van der Waals surface area contributed by atoms with Crippen molar-refractivity contribution in [2.45, 2.75) is 38.5 Å². The summed E-state index contributed by atoms with van der Waals surface area (Å²) in [4.78, 5) is 24.3. The van der Waals surface area contributed by atoms with Crippen molar-refractivity contribution in [3.63, 3.8) is 0 Å². The lowest BCUT2D eigenvalue weighted by Crippen LogP contribution is -2.34. The van der Waals surface area contributed by atoms with Crippen molar-refractivity contribution in [2.24, 2.45) is 17.2 Å². The summed E-state index contributed by atoms with van der Waals surface area (Å²) in [5, 5.41) is 0. The van der Waals surface area contributed by atoms with Crippen LogP contribution >= 0.6 is 0 Å². The lowest BCUT2D eigenvalue weighted by Gasteiger charge is -2.22. The second-order valence-corrected chi connectivity index (χ2v) is 4.34. The molecule has 0 atom stereocenters. The molecule has 0 spiro atoms. The van der Waals surface area contributed by atoms with Gasteiger partial charge in [0, 0.05) is 25.9 Å². The zero-order valence-electron chi connectivity index (χ0n) is 11.1. The first-order valence-electron chi connectivity index (χ1n) is 6.58. The van der Waals surface area contributed by atoms with E-state index in [1.165, 1.54) is 0 Å². The molecular weight excluding hydrogens is 232 g/mol. The highest BCUT2D eigenvalue weighted by Crippen LogP contribution is 2.03. The fourth-order valence-corrected chi connectivity index (χ4v) is 1.64. The Morgan fingerprint density at radius 1 is 0.833 bits per heavy atom. The van der Waals surface area contributed by atoms with E-state index in [9.17, 15) is 9.59 Å². The Bertz CT molecular complexity index is 236. The van der Waals surface area contributed by atoms with E-state index >= 15 is 0 Å². The molecule has 106 valence electrons. The van der Waals surface area contributed by atoms with Crippen LogP contribution in [0.15, 0.2) is 0 Å². The SMILES string of the molecule is NCCCCN(CCCCN)C(=O)CCC(N)=O. The van der Waals surface area contributed by atoms with Crippen LogP contribution in [0, 0.1) is 0 Å². The molecule has 2 amide bonds. The summed E-state index contributed by atoms with van der Waals surface area (Å²) >= 11 is 0. The van der Waals surface area contributed by atoms with Crippen LogP contribution < -0.4 is 17.2 Å². The summed E-state index contributed by atoms with van der Waals surface area (Å²) in [6.07, 6.45) is 3.89. The fourth-order valence-electron chi connectivity index (χ4n) is 1.64. The predicted octanol–water partition coefficient (Wildman–Crippen LogP) is -0.442. The van der Waals surface area contributed by atoms with E-state index in [0.717, 1.165) is 25.7 Å². The quantitative estimate of drug-likeness (QED) is 0.436. The lowest BCUT2D eigenvalue weighted by molar-refractivity contribution is -0.133. The van der Waals surface area contributed by atoms with E-state index in [2.05, 4.69) is 0 Å². The summed E-state index contributed by atoms with van der Waals surface area (Å²) in [6, 6.07) is 0. The highest BCUT2D eigenvalue weighted by Gasteiger charge is 2.13. The Kier molecular flexibility index (Phi) is 10.3. The average molecular weight is 258 g/mol. The normalized spacial score (nSPS) is 10.3. The molecule has 0 saturated heterocycles. The van der Waals surface area contributed by atoms with E-state index in [1.54, 1.807) is 4.90 Å². The molecule has 0 aromatic heterocycles. The van der Waals surface area contributed by atoms with Gasteiger partial charge in [-0.2, -0.15) is 0 Å². The van der Waals surface area contributed by atoms with E-state index in [-0.39, 0.29) is 18.7 Å². The molecule has 6 N–H and O–H groups in total. The number of carbonyl (C=O) groups excluding carboxylic acids is 2. The third kappa shape index (κ3) is 8.95. The lowest BCUT2D eigenvalue weighted by atomic mass is 10.2. The van der Waals surface area contributed by atoms with Crippen molar-refractivity contribution in [3.05, 3.63) is 0 Å². The van der Waals surface area contributed by atoms with Gasteiger partial charge in [0.2, 0.25) is 11.8 Å². The zero-order chi connectivity index (χ0) is 13.8. The Morgan fingerprint density at radius 2 is 1.33 bits per heavy atom. The maximum absolute atomic E-state index is 11.9. The fraction of sp³-hybridized carbons (Fsp3) is 0.833. The second-order valence-electron chi connectivity index (χ2n) is 4.34. The molecule has 0 bridgehead atoms. The average Bonchev–Trinajstić information content (AvgIpc) is 2.34. The molecule has 0 aromatic carbocycles. The Balaban J connectivity index is 4.07. The number of nitrogens with zero attached hydrogens (tertiary/aromatic N) is 1. The number of amides is 2. The molecular formula is C12H26N4O2. The highest BCUT2D eigenvalue weighted by atomic mass is 16.2. The Morgan fingerprint density at radius 3 is 1.72 bits per heavy atom. The third-order valence-electron chi connectivity index (χ3n) is 2.70. The topological polar surface area (TPSA) is 115 Å². The molecule has 0 heterocycles. The first kappa shape index (κ1) is 16.9. The van der Waals surface area contributed by atoms with Crippen LogP contribution in [0.25, 0.3) is 0 Å². The van der Waals surface area contributed by atoms with E-state index in [1.807, 2.05) is 0 Å². The maximum atomic E-state index is 11.9. The standard InChI is InChI=1S/C12H26N4O2/c13-7-1-3-9-16(10-4-2-8-14)12(18)6-5-11(15)17/h1-10,13-14H2,(H2,15,17). The van der Waals surface area contributed by atoms with Gasteiger partial charge in [-0.15, -0.1) is 0 Å². The van der Waals surface area contributed by atoms with Crippen LogP contribution in [0.3, 0.4) is 0 Å². The van der Waals surface area contributed by atoms with Gasteiger partial charge in [-0.25, -0.2) is 0 Å². The van der Waals surface area contributed by atoms with Crippen LogP contribution in [0.1, 0.15) is 38.5 Å². The molecule has 0 fully saturated rings. The molecule has 0 aromatic rings. The molecule has 0 aliphatic rings. The van der Waals surface area contributed by atoms with Crippen molar-refractivity contribution in [1.29, 1.82) is 0 Å². The van der Waals surface area contributed by atoms with E-state index < -0.39 is 5.91 Å². The van der Waals surface area contributed by atoms with Crippen LogP contribution in [0.4, 0.5) is 0 Å². The van der Waals surface area contributed by atoms with Crippen molar-refractivity contribution >= 4 is 11.8 Å². The first-order chi connectivity index (χ1) is 8.61. The van der Waals surface area contributed by atoms with Crippen molar-refractivity contribution < 1.29 is 9.59 Å².